The van der Waals surface area contributed by atoms with Gasteiger partial charge in [-0.3, -0.25) is 4.79 Å². The fraction of sp³-hybridized carbons (Fsp3) is 0.800. The van der Waals surface area contributed by atoms with E-state index in [0.29, 0.717) is 38.5 Å². The molecule has 1 saturated heterocycles. The van der Waals surface area contributed by atoms with E-state index in [2.05, 4.69) is 10.6 Å². The first-order chi connectivity index (χ1) is 7.09. The van der Waals surface area contributed by atoms with Gasteiger partial charge >= 0.3 is 6.03 Å². The van der Waals surface area contributed by atoms with Crippen LogP contribution < -0.4 is 10.6 Å². The van der Waals surface area contributed by atoms with Crippen LogP contribution in [0.3, 0.4) is 0 Å². The summed E-state index contributed by atoms with van der Waals surface area (Å²) in [6.07, 6.45) is 0.389. The predicted molar refractivity (Wildman–Crippen MR) is 57.4 cm³/mol. The molecule has 0 saturated carbocycles. The third-order valence-corrected chi connectivity index (χ3v) is 2.26. The number of urea groups is 1. The number of carbonyl (C=O) groups excluding carboxylic acids is 2. The summed E-state index contributed by atoms with van der Waals surface area (Å²) in [4.78, 5) is 24.1. The van der Waals surface area contributed by atoms with Gasteiger partial charge in [0, 0.05) is 32.6 Å². The standard InChI is InChI=1S/C10H19N3O2/c1-8(2)7-12-9(14)3-5-13-6-4-11-10(13)15/h8H,3-7H2,1-2H3,(H,11,15)(H,12,14). The van der Waals surface area contributed by atoms with Gasteiger partial charge < -0.3 is 15.5 Å². The third kappa shape index (κ3) is 4.18. The van der Waals surface area contributed by atoms with Gasteiger partial charge in [0.05, 0.1) is 0 Å². The van der Waals surface area contributed by atoms with Crippen LogP contribution in [-0.4, -0.2) is 43.0 Å². The molecule has 15 heavy (non-hydrogen) atoms. The Bertz CT molecular complexity index is 241. The topological polar surface area (TPSA) is 61.4 Å². The zero-order valence-electron chi connectivity index (χ0n) is 9.38. The van der Waals surface area contributed by atoms with E-state index in [0.717, 1.165) is 0 Å². The first kappa shape index (κ1) is 11.8. The molecule has 1 heterocycles. The van der Waals surface area contributed by atoms with Gasteiger partial charge in [0.15, 0.2) is 0 Å². The van der Waals surface area contributed by atoms with E-state index in [1.54, 1.807) is 4.90 Å². The maximum atomic E-state index is 11.3. The van der Waals surface area contributed by atoms with Crippen molar-refractivity contribution in [3.05, 3.63) is 0 Å². The van der Waals surface area contributed by atoms with E-state index < -0.39 is 0 Å². The molecule has 5 nitrogen and oxygen atoms in total. The van der Waals surface area contributed by atoms with Crippen molar-refractivity contribution in [3.8, 4) is 0 Å². The Morgan fingerprint density at radius 2 is 2.33 bits per heavy atom. The summed E-state index contributed by atoms with van der Waals surface area (Å²) in [6.45, 7) is 6.70. The van der Waals surface area contributed by atoms with E-state index in [4.69, 9.17) is 0 Å². The van der Waals surface area contributed by atoms with Crippen LogP contribution in [0.1, 0.15) is 20.3 Å². The summed E-state index contributed by atoms with van der Waals surface area (Å²) in [6, 6.07) is -0.0633. The molecule has 0 spiro atoms. The fourth-order valence-electron chi connectivity index (χ4n) is 1.37. The van der Waals surface area contributed by atoms with Crippen LogP contribution in [0.5, 0.6) is 0 Å². The third-order valence-electron chi connectivity index (χ3n) is 2.26. The number of rotatable bonds is 5. The average molecular weight is 213 g/mol. The van der Waals surface area contributed by atoms with Crippen LogP contribution >= 0.6 is 0 Å². The Kier molecular flexibility index (Phi) is 4.39. The van der Waals surface area contributed by atoms with E-state index in [-0.39, 0.29) is 11.9 Å². The number of amides is 3. The van der Waals surface area contributed by atoms with Gasteiger partial charge in [-0.2, -0.15) is 0 Å². The van der Waals surface area contributed by atoms with Gasteiger partial charge in [0.2, 0.25) is 5.91 Å². The van der Waals surface area contributed by atoms with Crippen molar-refractivity contribution in [2.24, 2.45) is 5.92 Å². The Morgan fingerprint density at radius 1 is 1.60 bits per heavy atom. The van der Waals surface area contributed by atoms with Crippen LogP contribution in [0.15, 0.2) is 0 Å². The van der Waals surface area contributed by atoms with Crippen LogP contribution in [-0.2, 0) is 4.79 Å². The zero-order chi connectivity index (χ0) is 11.3. The summed E-state index contributed by atoms with van der Waals surface area (Å²) in [7, 11) is 0. The van der Waals surface area contributed by atoms with Crippen LogP contribution in [0, 0.1) is 5.92 Å². The minimum absolute atomic E-state index is 0.0170. The number of nitrogens with zero attached hydrogens (tertiary/aromatic N) is 1. The van der Waals surface area contributed by atoms with Gasteiger partial charge in [0.25, 0.3) is 0 Å². The van der Waals surface area contributed by atoms with Crippen LogP contribution in [0.4, 0.5) is 4.79 Å². The Labute approximate surface area is 90.2 Å². The van der Waals surface area contributed by atoms with E-state index >= 15 is 0 Å². The molecule has 1 aliphatic rings. The molecule has 0 aromatic carbocycles. The molecule has 1 fully saturated rings. The summed E-state index contributed by atoms with van der Waals surface area (Å²) < 4.78 is 0. The Balaban J connectivity index is 2.13. The maximum Gasteiger partial charge on any atom is 0.317 e. The van der Waals surface area contributed by atoms with Crippen molar-refractivity contribution in [1.29, 1.82) is 0 Å². The fourth-order valence-corrected chi connectivity index (χ4v) is 1.37. The lowest BCUT2D eigenvalue weighted by molar-refractivity contribution is -0.121. The molecule has 1 rings (SSSR count). The Hall–Kier alpha value is -1.26. The molecule has 0 aromatic heterocycles. The molecular weight excluding hydrogens is 194 g/mol. The highest BCUT2D eigenvalue weighted by Crippen LogP contribution is 1.98. The molecule has 1 aliphatic heterocycles. The normalized spacial score (nSPS) is 15.7. The lowest BCUT2D eigenvalue weighted by Crippen LogP contribution is -2.34. The SMILES string of the molecule is CC(C)CNC(=O)CCN1CCNC1=O. The molecule has 0 atom stereocenters. The van der Waals surface area contributed by atoms with Gasteiger partial charge in [-0.05, 0) is 5.92 Å². The second-order valence-electron chi connectivity index (χ2n) is 4.17. The van der Waals surface area contributed by atoms with E-state index in [1.165, 1.54) is 0 Å². The van der Waals surface area contributed by atoms with Crippen molar-refractivity contribution in [2.45, 2.75) is 20.3 Å². The second kappa shape index (κ2) is 5.58. The molecule has 86 valence electrons. The van der Waals surface area contributed by atoms with Gasteiger partial charge in [-0.15, -0.1) is 0 Å². The van der Waals surface area contributed by atoms with Crippen molar-refractivity contribution >= 4 is 11.9 Å². The summed E-state index contributed by atoms with van der Waals surface area (Å²) in [5.41, 5.74) is 0. The number of hydrogen-bond donors (Lipinski definition) is 2. The van der Waals surface area contributed by atoms with Gasteiger partial charge in [0.1, 0.15) is 0 Å². The molecule has 2 N–H and O–H groups in total. The van der Waals surface area contributed by atoms with Crippen LogP contribution in [0.25, 0.3) is 0 Å². The molecule has 0 aromatic rings. The van der Waals surface area contributed by atoms with Gasteiger partial charge in [-0.1, -0.05) is 13.8 Å². The molecule has 5 heteroatoms. The van der Waals surface area contributed by atoms with E-state index in [9.17, 15) is 9.59 Å². The molecule has 0 bridgehead atoms. The number of carbonyl (C=O) groups is 2. The predicted octanol–water partition coefficient (Wildman–Crippen LogP) is 0.174. The molecule has 0 unspecified atom stereocenters. The quantitative estimate of drug-likeness (QED) is 0.684. The number of hydrogen-bond acceptors (Lipinski definition) is 2. The highest BCUT2D eigenvalue weighted by atomic mass is 16.2. The molecule has 3 amide bonds. The molecular formula is C10H19N3O2. The molecule has 0 radical (unpaired) electrons. The smallest absolute Gasteiger partial charge is 0.317 e. The second-order valence-corrected chi connectivity index (χ2v) is 4.17. The van der Waals surface area contributed by atoms with Gasteiger partial charge in [-0.25, -0.2) is 4.79 Å². The first-order valence-corrected chi connectivity index (χ1v) is 5.39. The van der Waals surface area contributed by atoms with Crippen molar-refractivity contribution in [1.82, 2.24) is 15.5 Å². The van der Waals surface area contributed by atoms with E-state index in [1.807, 2.05) is 13.8 Å². The monoisotopic (exact) mass is 213 g/mol. The highest BCUT2D eigenvalue weighted by molar-refractivity contribution is 5.79. The lowest BCUT2D eigenvalue weighted by Gasteiger charge is -2.14. The van der Waals surface area contributed by atoms with Crippen molar-refractivity contribution in [2.75, 3.05) is 26.2 Å². The minimum atomic E-state index is -0.0633. The highest BCUT2D eigenvalue weighted by Gasteiger charge is 2.19. The largest absolute Gasteiger partial charge is 0.356 e. The minimum Gasteiger partial charge on any atom is -0.356 e. The lowest BCUT2D eigenvalue weighted by atomic mass is 10.2. The summed E-state index contributed by atoms with van der Waals surface area (Å²) >= 11 is 0. The summed E-state index contributed by atoms with van der Waals surface area (Å²) in [5, 5.41) is 5.52. The van der Waals surface area contributed by atoms with Crippen molar-refractivity contribution < 1.29 is 9.59 Å². The summed E-state index contributed by atoms with van der Waals surface area (Å²) in [5.74, 6) is 0.479. The molecule has 0 aliphatic carbocycles. The Morgan fingerprint density at radius 3 is 2.87 bits per heavy atom. The van der Waals surface area contributed by atoms with Crippen LogP contribution in [0.2, 0.25) is 0 Å². The average Bonchev–Trinajstić information content (AvgIpc) is 2.58. The maximum absolute atomic E-state index is 11.3. The zero-order valence-corrected chi connectivity index (χ0v) is 9.38. The first-order valence-electron chi connectivity index (χ1n) is 5.39. The number of nitrogens with one attached hydrogen (secondary N) is 2. The van der Waals surface area contributed by atoms with Crippen molar-refractivity contribution in [3.63, 3.8) is 0 Å².